The molecular weight excluding hydrogens is 334 g/mol. The van der Waals surface area contributed by atoms with Crippen molar-refractivity contribution in [2.24, 2.45) is 11.8 Å². The molecule has 3 amide bonds. The number of carbonyl (C=O) groups excluding carboxylic acids is 3. The summed E-state index contributed by atoms with van der Waals surface area (Å²) in [5.41, 5.74) is 0.189. The maximum atomic E-state index is 13.3. The van der Waals surface area contributed by atoms with E-state index in [9.17, 15) is 19.5 Å². The monoisotopic (exact) mass is 358 g/mol. The summed E-state index contributed by atoms with van der Waals surface area (Å²) < 4.78 is 0. The van der Waals surface area contributed by atoms with Gasteiger partial charge in [0.2, 0.25) is 17.4 Å². The number of hydrogen-bond donors (Lipinski definition) is 3. The average Bonchev–Trinajstić information content (AvgIpc) is 3.20. The fraction of sp³-hybridized carbons (Fsp3) is 0.526. The second kappa shape index (κ2) is 5.62. The molecule has 3 aliphatic rings. The maximum absolute atomic E-state index is 13.3. The van der Waals surface area contributed by atoms with Crippen LogP contribution in [-0.4, -0.2) is 45.9 Å². The van der Waals surface area contributed by atoms with Crippen LogP contribution < -0.4 is 10.6 Å². The number of nitrogens with two attached hydrogens (primary N) is 1. The molecule has 0 radical (unpaired) electrons. The molecule has 0 aliphatic carbocycles. The van der Waals surface area contributed by atoms with Crippen molar-refractivity contribution in [3.8, 4) is 0 Å². The van der Waals surface area contributed by atoms with Crippen molar-refractivity contribution < 1.29 is 24.8 Å². The minimum Gasteiger partial charge on any atom is -0.387 e. The Morgan fingerprint density at radius 2 is 1.92 bits per heavy atom. The van der Waals surface area contributed by atoms with Crippen LogP contribution in [0.25, 0.3) is 0 Å². The Labute approximate surface area is 151 Å². The molecule has 1 aromatic rings. The number of benzene rings is 1. The summed E-state index contributed by atoms with van der Waals surface area (Å²) in [7, 11) is 0. The highest BCUT2D eigenvalue weighted by molar-refractivity contribution is 6.14. The van der Waals surface area contributed by atoms with E-state index in [0.717, 1.165) is 5.56 Å². The SMILES string of the molecule is CC[C@H](C)N1C(=O)[C@@H]2[C@@H]([C@@H](C)O)[NH2+][C@@]3(C(=O)Nc4ccccc43)[C@@H]2C1=O. The van der Waals surface area contributed by atoms with E-state index in [0.29, 0.717) is 12.1 Å². The number of imide groups is 1. The normalized spacial score (nSPS) is 34.8. The van der Waals surface area contributed by atoms with Gasteiger partial charge < -0.3 is 15.7 Å². The number of fused-ring (bicyclic) bond motifs is 4. The van der Waals surface area contributed by atoms with Gasteiger partial charge in [0.25, 0.3) is 5.91 Å². The lowest BCUT2D eigenvalue weighted by molar-refractivity contribution is -0.738. The van der Waals surface area contributed by atoms with Gasteiger partial charge in [-0.15, -0.1) is 0 Å². The first-order valence-corrected chi connectivity index (χ1v) is 9.16. The van der Waals surface area contributed by atoms with Crippen LogP contribution in [0.1, 0.15) is 32.8 Å². The molecular formula is C19H24N3O4+. The Bertz CT molecular complexity index is 808. The van der Waals surface area contributed by atoms with E-state index < -0.39 is 29.5 Å². The van der Waals surface area contributed by atoms with E-state index in [1.54, 1.807) is 18.3 Å². The number of hydrogen-bond acceptors (Lipinski definition) is 4. The van der Waals surface area contributed by atoms with Crippen LogP contribution in [0, 0.1) is 11.8 Å². The number of aliphatic hydroxyl groups is 1. The van der Waals surface area contributed by atoms with E-state index in [4.69, 9.17) is 0 Å². The lowest BCUT2D eigenvalue weighted by Crippen LogP contribution is -3.00. The summed E-state index contributed by atoms with van der Waals surface area (Å²) in [6.45, 7) is 5.37. The molecule has 3 aliphatic heterocycles. The second-order valence-electron chi connectivity index (χ2n) is 7.66. The molecule has 0 bridgehead atoms. The zero-order valence-electron chi connectivity index (χ0n) is 15.1. The first kappa shape index (κ1) is 17.2. The van der Waals surface area contributed by atoms with Gasteiger partial charge in [0.05, 0.1) is 5.69 Å². The number of amides is 3. The van der Waals surface area contributed by atoms with Gasteiger partial charge in [-0.1, -0.05) is 25.1 Å². The quantitative estimate of drug-likeness (QED) is 0.637. The first-order valence-electron chi connectivity index (χ1n) is 9.16. The van der Waals surface area contributed by atoms with Crippen molar-refractivity contribution in [3.63, 3.8) is 0 Å². The standard InChI is InChI=1S/C19H23N3O4/c1-4-9(2)22-16(24)13-14(17(22)25)19(21-15(13)10(3)23)11-7-5-6-8-12(11)20-18(19)26/h5-10,13-15,21,23H,4H2,1-3H3,(H,20,26)/p+1/t9-,10+,13-,14-,15+,19+/m0/s1. The third-order valence-electron chi connectivity index (χ3n) is 6.33. The first-order chi connectivity index (χ1) is 12.3. The number of quaternary nitrogens is 1. The molecule has 2 fully saturated rings. The fourth-order valence-corrected chi connectivity index (χ4v) is 4.92. The van der Waals surface area contributed by atoms with Gasteiger partial charge in [0, 0.05) is 11.6 Å². The van der Waals surface area contributed by atoms with Crippen LogP contribution >= 0.6 is 0 Å². The molecule has 2 saturated heterocycles. The van der Waals surface area contributed by atoms with Gasteiger partial charge in [-0.3, -0.25) is 19.3 Å². The molecule has 4 rings (SSSR count). The Morgan fingerprint density at radius 3 is 2.58 bits per heavy atom. The van der Waals surface area contributed by atoms with E-state index in [2.05, 4.69) is 5.32 Å². The van der Waals surface area contributed by atoms with Crippen molar-refractivity contribution in [2.75, 3.05) is 5.32 Å². The number of anilines is 1. The predicted octanol–water partition coefficient (Wildman–Crippen LogP) is -0.440. The van der Waals surface area contributed by atoms with Gasteiger partial charge in [-0.25, -0.2) is 0 Å². The van der Waals surface area contributed by atoms with E-state index in [1.165, 1.54) is 4.90 Å². The minimum atomic E-state index is -1.20. The zero-order chi connectivity index (χ0) is 18.8. The van der Waals surface area contributed by atoms with Crippen LogP contribution in [-0.2, 0) is 19.9 Å². The number of nitrogens with one attached hydrogen (secondary N) is 1. The van der Waals surface area contributed by atoms with Gasteiger partial charge in [-0.05, 0) is 26.3 Å². The van der Waals surface area contributed by atoms with Crippen LogP contribution in [0.3, 0.4) is 0 Å². The topological polar surface area (TPSA) is 103 Å². The third kappa shape index (κ3) is 1.92. The van der Waals surface area contributed by atoms with Crippen molar-refractivity contribution in [1.82, 2.24) is 4.90 Å². The number of rotatable bonds is 3. The summed E-state index contributed by atoms with van der Waals surface area (Å²) in [5, 5.41) is 14.9. The van der Waals surface area contributed by atoms with E-state index >= 15 is 0 Å². The molecule has 1 aromatic carbocycles. The summed E-state index contributed by atoms with van der Waals surface area (Å²) in [5.74, 6) is -2.36. The van der Waals surface area contributed by atoms with Crippen LogP contribution in [0.4, 0.5) is 5.69 Å². The van der Waals surface area contributed by atoms with Crippen molar-refractivity contribution >= 4 is 23.4 Å². The molecule has 1 spiro atoms. The zero-order valence-corrected chi connectivity index (χ0v) is 15.1. The molecule has 0 saturated carbocycles. The highest BCUT2D eigenvalue weighted by Gasteiger charge is 2.75. The molecule has 0 unspecified atom stereocenters. The summed E-state index contributed by atoms with van der Waals surface area (Å²) >= 11 is 0. The number of nitrogens with zero attached hydrogens (tertiary/aromatic N) is 1. The van der Waals surface area contributed by atoms with Crippen molar-refractivity contribution in [2.45, 2.75) is 50.9 Å². The molecule has 6 atom stereocenters. The summed E-state index contributed by atoms with van der Waals surface area (Å²) in [4.78, 5) is 40.8. The van der Waals surface area contributed by atoms with E-state index in [-0.39, 0.29) is 23.8 Å². The summed E-state index contributed by atoms with van der Waals surface area (Å²) in [6.07, 6.45) is -0.175. The van der Waals surface area contributed by atoms with Crippen LogP contribution in [0.15, 0.2) is 24.3 Å². The predicted molar refractivity (Wildman–Crippen MR) is 92.7 cm³/mol. The highest BCUT2D eigenvalue weighted by Crippen LogP contribution is 2.49. The highest BCUT2D eigenvalue weighted by atomic mass is 16.3. The van der Waals surface area contributed by atoms with Crippen LogP contribution in [0.2, 0.25) is 0 Å². The Hall–Kier alpha value is -2.25. The molecule has 138 valence electrons. The number of carbonyl (C=O) groups is 3. The Balaban J connectivity index is 1.90. The molecule has 7 heteroatoms. The lowest BCUT2D eigenvalue weighted by atomic mass is 9.76. The number of likely N-dealkylation sites (tertiary alicyclic amines) is 1. The Kier molecular flexibility index (Phi) is 3.71. The fourth-order valence-electron chi connectivity index (χ4n) is 4.92. The molecule has 7 nitrogen and oxygen atoms in total. The van der Waals surface area contributed by atoms with Gasteiger partial charge in [0.15, 0.2) is 0 Å². The number of aliphatic hydroxyl groups excluding tert-OH is 1. The van der Waals surface area contributed by atoms with Gasteiger partial charge in [0.1, 0.15) is 24.0 Å². The lowest BCUT2D eigenvalue weighted by Gasteiger charge is -2.29. The maximum Gasteiger partial charge on any atom is 0.291 e. The average molecular weight is 358 g/mol. The van der Waals surface area contributed by atoms with Crippen molar-refractivity contribution in [1.29, 1.82) is 0 Å². The molecule has 0 aromatic heterocycles. The molecule has 3 heterocycles. The van der Waals surface area contributed by atoms with Crippen LogP contribution in [0.5, 0.6) is 0 Å². The van der Waals surface area contributed by atoms with Gasteiger partial charge >= 0.3 is 0 Å². The Morgan fingerprint density at radius 1 is 1.23 bits per heavy atom. The third-order valence-corrected chi connectivity index (χ3v) is 6.33. The van der Waals surface area contributed by atoms with Gasteiger partial charge in [-0.2, -0.15) is 0 Å². The molecule has 26 heavy (non-hydrogen) atoms. The minimum absolute atomic E-state index is 0.230. The number of para-hydroxylation sites is 1. The molecule has 4 N–H and O–H groups in total. The largest absolute Gasteiger partial charge is 0.387 e. The van der Waals surface area contributed by atoms with Crippen molar-refractivity contribution in [3.05, 3.63) is 29.8 Å². The van der Waals surface area contributed by atoms with E-state index in [1.807, 2.05) is 32.0 Å². The second-order valence-corrected chi connectivity index (χ2v) is 7.66. The summed E-state index contributed by atoms with van der Waals surface area (Å²) in [6, 6.07) is 6.51. The smallest absolute Gasteiger partial charge is 0.291 e.